The summed E-state index contributed by atoms with van der Waals surface area (Å²) in [7, 11) is 3.18. The second-order valence-corrected chi connectivity index (χ2v) is 2.03. The van der Waals surface area contributed by atoms with Gasteiger partial charge in [-0.15, -0.1) is 0 Å². The summed E-state index contributed by atoms with van der Waals surface area (Å²) in [6.45, 7) is 1.74. The van der Waals surface area contributed by atoms with Gasteiger partial charge in [0.05, 0.1) is 13.2 Å². The molecule has 0 aliphatic rings. The van der Waals surface area contributed by atoms with Crippen LogP contribution in [0.4, 0.5) is 0 Å². The van der Waals surface area contributed by atoms with Crippen molar-refractivity contribution in [2.24, 2.45) is 0 Å². The van der Waals surface area contributed by atoms with Crippen LogP contribution in [0.2, 0.25) is 0 Å². The molecule has 4 nitrogen and oxygen atoms in total. The summed E-state index contributed by atoms with van der Waals surface area (Å²) in [5.74, 6) is 0. The summed E-state index contributed by atoms with van der Waals surface area (Å²) in [5.41, 5.74) is 0. The van der Waals surface area contributed by atoms with Crippen molar-refractivity contribution in [1.29, 1.82) is 0 Å². The number of hydrogen-bond donors (Lipinski definition) is 0. The topological polar surface area (TPSA) is 36.9 Å². The van der Waals surface area contributed by atoms with Gasteiger partial charge in [-0.05, 0) is 0 Å². The van der Waals surface area contributed by atoms with Crippen LogP contribution in [-0.2, 0) is 18.9 Å². The van der Waals surface area contributed by atoms with Crippen LogP contribution < -0.4 is 0 Å². The lowest BCUT2D eigenvalue weighted by atomic mass is 10.5. The van der Waals surface area contributed by atoms with Crippen LogP contribution >= 0.6 is 0 Å². The van der Waals surface area contributed by atoms with Gasteiger partial charge in [0.1, 0.15) is 13.6 Å². The molecule has 0 unspecified atom stereocenters. The minimum absolute atomic E-state index is 0.323. The third-order valence-corrected chi connectivity index (χ3v) is 0.997. The molecule has 0 heterocycles. The Balaban J connectivity index is 2.93. The molecule has 0 fully saturated rings. The Bertz CT molecular complexity index is 91.2. The molecule has 4 heteroatoms. The number of rotatable bonds is 8. The zero-order valence-corrected chi connectivity index (χ0v) is 7.62. The normalized spacial score (nSPS) is 11.2. The molecule has 0 saturated heterocycles. The van der Waals surface area contributed by atoms with Gasteiger partial charge in [-0.25, -0.2) is 0 Å². The van der Waals surface area contributed by atoms with Crippen LogP contribution in [0.5, 0.6) is 0 Å². The van der Waals surface area contributed by atoms with E-state index in [1.54, 1.807) is 14.2 Å². The maximum absolute atomic E-state index is 4.99. The van der Waals surface area contributed by atoms with E-state index in [4.69, 9.17) is 9.47 Å². The molecule has 72 valence electrons. The van der Waals surface area contributed by atoms with Gasteiger partial charge in [-0.1, -0.05) is 12.2 Å². The highest BCUT2D eigenvalue weighted by atomic mass is 16.7. The maximum Gasteiger partial charge on any atom is 0.146 e. The summed E-state index contributed by atoms with van der Waals surface area (Å²) >= 11 is 0. The smallest absolute Gasteiger partial charge is 0.146 e. The Hall–Kier alpha value is -0.420. The molecule has 0 rings (SSSR count). The fourth-order valence-electron chi connectivity index (χ4n) is 0.535. The van der Waals surface area contributed by atoms with Gasteiger partial charge >= 0.3 is 0 Å². The lowest BCUT2D eigenvalue weighted by Gasteiger charge is -1.98. The number of methoxy groups -OCH3 is 2. The third-order valence-electron chi connectivity index (χ3n) is 0.997. The molecule has 0 amide bonds. The number of hydrogen-bond acceptors (Lipinski definition) is 4. The second-order valence-electron chi connectivity index (χ2n) is 2.03. The van der Waals surface area contributed by atoms with Crippen LogP contribution in [0.3, 0.4) is 0 Å². The Morgan fingerprint density at radius 3 is 1.58 bits per heavy atom. The van der Waals surface area contributed by atoms with Crippen molar-refractivity contribution in [1.82, 2.24) is 0 Å². The van der Waals surface area contributed by atoms with Crippen LogP contribution in [0.25, 0.3) is 0 Å². The van der Waals surface area contributed by atoms with Crippen molar-refractivity contribution < 1.29 is 18.9 Å². The molecule has 0 N–H and O–H groups in total. The summed E-state index contributed by atoms with van der Waals surface area (Å²) < 4.78 is 19.3. The van der Waals surface area contributed by atoms with E-state index in [0.29, 0.717) is 26.8 Å². The minimum atomic E-state index is 0.323. The monoisotopic (exact) mass is 176 g/mol. The second kappa shape index (κ2) is 10.6. The van der Waals surface area contributed by atoms with Crippen molar-refractivity contribution in [3.05, 3.63) is 12.2 Å². The zero-order chi connectivity index (χ0) is 9.07. The van der Waals surface area contributed by atoms with E-state index in [1.165, 1.54) is 0 Å². The van der Waals surface area contributed by atoms with E-state index in [1.807, 2.05) is 12.2 Å². The van der Waals surface area contributed by atoms with Gasteiger partial charge in [0.15, 0.2) is 0 Å². The molecular formula is C8H16O4. The van der Waals surface area contributed by atoms with E-state index in [2.05, 4.69) is 9.47 Å². The molecule has 0 radical (unpaired) electrons. The number of ether oxygens (including phenoxy) is 4. The molecule has 0 bridgehead atoms. The first-order valence-electron chi connectivity index (χ1n) is 3.70. The van der Waals surface area contributed by atoms with Gasteiger partial charge < -0.3 is 18.9 Å². The molecule has 0 atom stereocenters. The highest BCUT2D eigenvalue weighted by molar-refractivity contribution is 4.80. The Labute approximate surface area is 73.1 Å². The molecule has 0 spiro atoms. The average molecular weight is 176 g/mol. The van der Waals surface area contributed by atoms with Gasteiger partial charge in [0.25, 0.3) is 0 Å². The predicted molar refractivity (Wildman–Crippen MR) is 44.8 cm³/mol. The minimum Gasteiger partial charge on any atom is -0.359 e. The van der Waals surface area contributed by atoms with Crippen LogP contribution in [0.15, 0.2) is 12.2 Å². The average Bonchev–Trinajstić information content (AvgIpc) is 2.10. The molecule has 0 aromatic heterocycles. The molecule has 0 aromatic carbocycles. The quantitative estimate of drug-likeness (QED) is 0.311. The van der Waals surface area contributed by atoms with Crippen molar-refractivity contribution in [3.63, 3.8) is 0 Å². The first-order chi connectivity index (χ1) is 5.91. The lowest BCUT2D eigenvalue weighted by Crippen LogP contribution is -1.97. The SMILES string of the molecule is COCOC/C=C/COCOC. The van der Waals surface area contributed by atoms with Gasteiger partial charge in [-0.3, -0.25) is 0 Å². The molecule has 12 heavy (non-hydrogen) atoms. The Morgan fingerprint density at radius 2 is 1.25 bits per heavy atom. The summed E-state index contributed by atoms with van der Waals surface area (Å²) in [4.78, 5) is 0. The zero-order valence-electron chi connectivity index (χ0n) is 7.62. The van der Waals surface area contributed by atoms with E-state index in [-0.39, 0.29) is 0 Å². The summed E-state index contributed by atoms with van der Waals surface area (Å²) in [5, 5.41) is 0. The van der Waals surface area contributed by atoms with Gasteiger partial charge in [0, 0.05) is 14.2 Å². The van der Waals surface area contributed by atoms with Crippen LogP contribution in [0.1, 0.15) is 0 Å². The van der Waals surface area contributed by atoms with E-state index in [0.717, 1.165) is 0 Å². The predicted octanol–water partition coefficient (Wildman–Crippen LogP) is 0.784. The first-order valence-corrected chi connectivity index (χ1v) is 3.70. The van der Waals surface area contributed by atoms with Crippen molar-refractivity contribution in [3.8, 4) is 0 Å². The molecule has 0 aliphatic heterocycles. The lowest BCUT2D eigenvalue weighted by molar-refractivity contribution is -0.0223. The Kier molecular flexibility index (Phi) is 10.2. The standard InChI is InChI=1S/C8H16O4/c1-9-7-11-5-3-4-6-12-8-10-2/h3-4H,5-8H2,1-2H3/b4-3+. The highest BCUT2D eigenvalue weighted by Gasteiger charge is 1.80. The first kappa shape index (κ1) is 11.6. The maximum atomic E-state index is 4.99. The van der Waals surface area contributed by atoms with Gasteiger partial charge in [-0.2, -0.15) is 0 Å². The molecule has 0 saturated carbocycles. The Morgan fingerprint density at radius 1 is 0.833 bits per heavy atom. The highest BCUT2D eigenvalue weighted by Crippen LogP contribution is 1.80. The third kappa shape index (κ3) is 9.58. The van der Waals surface area contributed by atoms with Crippen molar-refractivity contribution in [2.45, 2.75) is 0 Å². The van der Waals surface area contributed by atoms with Crippen LogP contribution in [0, 0.1) is 0 Å². The molecule has 0 aromatic rings. The molecular weight excluding hydrogens is 160 g/mol. The van der Waals surface area contributed by atoms with Gasteiger partial charge in [0.2, 0.25) is 0 Å². The molecule has 0 aliphatic carbocycles. The largest absolute Gasteiger partial charge is 0.359 e. The summed E-state index contributed by atoms with van der Waals surface area (Å²) in [6.07, 6.45) is 3.74. The fourth-order valence-corrected chi connectivity index (χ4v) is 0.535. The van der Waals surface area contributed by atoms with Crippen LogP contribution in [-0.4, -0.2) is 41.0 Å². The van der Waals surface area contributed by atoms with E-state index < -0.39 is 0 Å². The van der Waals surface area contributed by atoms with Crippen molar-refractivity contribution >= 4 is 0 Å². The summed E-state index contributed by atoms with van der Waals surface area (Å²) in [6, 6.07) is 0. The van der Waals surface area contributed by atoms with E-state index >= 15 is 0 Å². The van der Waals surface area contributed by atoms with E-state index in [9.17, 15) is 0 Å². The fraction of sp³-hybridized carbons (Fsp3) is 0.750. The van der Waals surface area contributed by atoms with Crippen molar-refractivity contribution in [2.75, 3.05) is 41.0 Å².